The molecular weight excluding hydrogens is 751 g/mol. The second-order valence-corrected chi connectivity index (χ2v) is 13.8. The zero-order valence-electron chi connectivity index (χ0n) is 32.0. The fourth-order valence-electron chi connectivity index (χ4n) is 6.68. The average molecular weight is 802 g/mol. The molecule has 3 aromatic carbocycles. The monoisotopic (exact) mass is 801 g/mol. The Labute approximate surface area is 329 Å². The Hall–Kier alpha value is -4.89. The number of anilines is 2. The average Bonchev–Trinajstić information content (AvgIpc) is 3.86. The number of halogens is 4. The number of fused-ring (bicyclic) bond motifs is 2. The van der Waals surface area contributed by atoms with Gasteiger partial charge in [0.05, 0.1) is 14.2 Å². The number of amides is 2. The van der Waals surface area contributed by atoms with Gasteiger partial charge in [-0.25, -0.2) is 18.3 Å². The number of alkyl halides is 2. The van der Waals surface area contributed by atoms with Gasteiger partial charge in [-0.2, -0.15) is 9.49 Å². The highest BCUT2D eigenvalue weighted by Crippen LogP contribution is 2.48. The SMILES string of the molecule is CC.COc1cccc(F)c1F.COc1ccccc1.NSc1cccc(NC(=O)[C@H]2CC3CCC2C3)c1.O=C(Nc1ccc(=O)[nH]n1)[C@H]1CCCC(F)(F)C1. The fraction of sp³-hybridized carbons (Fsp3) is 0.415. The summed E-state index contributed by atoms with van der Waals surface area (Å²) in [4.78, 5) is 35.8. The predicted octanol–water partition coefficient (Wildman–Crippen LogP) is 9.26. The van der Waals surface area contributed by atoms with Crippen molar-refractivity contribution in [2.45, 2.75) is 76.0 Å². The number of hydrogen-bond donors (Lipinski definition) is 4. The molecule has 1 aromatic heterocycles. The maximum absolute atomic E-state index is 13.2. The summed E-state index contributed by atoms with van der Waals surface area (Å²) < 4.78 is 60.6. The molecule has 56 heavy (non-hydrogen) atoms. The van der Waals surface area contributed by atoms with Crippen molar-refractivity contribution in [3.8, 4) is 11.5 Å². The van der Waals surface area contributed by atoms with Crippen molar-refractivity contribution in [3.05, 3.63) is 107 Å². The van der Waals surface area contributed by atoms with Gasteiger partial charge in [0.25, 0.3) is 5.56 Å². The molecule has 2 amide bonds. The second-order valence-electron chi connectivity index (χ2n) is 13.1. The number of nitrogens with one attached hydrogen (secondary N) is 3. The Bertz CT molecular complexity index is 1850. The van der Waals surface area contributed by atoms with Gasteiger partial charge in [0.15, 0.2) is 17.4 Å². The standard InChI is InChI=1S/C14H18N2OS.C11H13F2N3O2.C7H6F2O.C7H8O.C2H6/c15-18-12-3-1-2-11(8-12)16-14(17)13-7-9-4-5-10(13)6-9;12-11(13)5-1-2-7(6-11)10(18)14-8-3-4-9(17)16-15-8;1-10-6-4-2-3-5(8)7(6)9;1-8-7-5-3-2-4-6-7;1-2/h1-3,8-10,13H,4-7,15H2,(H,16,17);3-4,7H,1-2,5-6H2,(H,16,17)(H,14,15,18);2-4H,1H3;2-6H,1H3;1-2H3/t9?,10?,13-;7-;;;/m00.../s1. The molecule has 0 spiro atoms. The van der Waals surface area contributed by atoms with Gasteiger partial charge in [0, 0.05) is 41.3 Å². The third kappa shape index (κ3) is 14.6. The van der Waals surface area contributed by atoms with Gasteiger partial charge in [-0.1, -0.05) is 50.6 Å². The molecule has 0 aliphatic heterocycles. The third-order valence-corrected chi connectivity index (χ3v) is 9.89. The number of benzene rings is 3. The van der Waals surface area contributed by atoms with Gasteiger partial charge in [-0.05, 0) is 104 Å². The number of ether oxygens (including phenoxy) is 2. The van der Waals surface area contributed by atoms with Gasteiger partial charge in [-0.15, -0.1) is 0 Å². The van der Waals surface area contributed by atoms with E-state index in [2.05, 4.69) is 25.6 Å². The largest absolute Gasteiger partial charge is 0.497 e. The van der Waals surface area contributed by atoms with Gasteiger partial charge < -0.3 is 20.1 Å². The smallest absolute Gasteiger partial charge is 0.264 e. The minimum atomic E-state index is -2.77. The van der Waals surface area contributed by atoms with Gasteiger partial charge in [0.1, 0.15) is 5.75 Å². The molecule has 3 aliphatic carbocycles. The molecule has 304 valence electrons. The summed E-state index contributed by atoms with van der Waals surface area (Å²) in [5.41, 5.74) is 0.468. The van der Waals surface area contributed by atoms with E-state index in [9.17, 15) is 31.9 Å². The van der Waals surface area contributed by atoms with Crippen LogP contribution in [0.3, 0.4) is 0 Å². The topological polar surface area (TPSA) is 148 Å². The summed E-state index contributed by atoms with van der Waals surface area (Å²) in [5.74, 6) is -2.92. The van der Waals surface area contributed by atoms with E-state index in [4.69, 9.17) is 9.88 Å². The number of nitrogens with zero attached hydrogens (tertiary/aromatic N) is 1. The van der Waals surface area contributed by atoms with Gasteiger partial charge >= 0.3 is 0 Å². The molecule has 15 heteroatoms. The first-order valence-electron chi connectivity index (χ1n) is 18.5. The lowest BCUT2D eigenvalue weighted by Crippen LogP contribution is -2.34. The molecule has 3 saturated carbocycles. The molecule has 10 nitrogen and oxygen atoms in total. The Morgan fingerprint density at radius 2 is 1.61 bits per heavy atom. The fourth-order valence-corrected chi connectivity index (χ4v) is 7.04. The lowest BCUT2D eigenvalue weighted by atomic mass is 9.86. The maximum Gasteiger partial charge on any atom is 0.264 e. The summed E-state index contributed by atoms with van der Waals surface area (Å²) in [6.45, 7) is 4.00. The van der Waals surface area contributed by atoms with Crippen LogP contribution >= 0.6 is 11.9 Å². The van der Waals surface area contributed by atoms with E-state index in [0.717, 1.165) is 34.7 Å². The number of carbonyl (C=O) groups is 2. The number of aromatic nitrogens is 2. The van der Waals surface area contributed by atoms with E-state index in [1.807, 2.05) is 68.4 Å². The summed E-state index contributed by atoms with van der Waals surface area (Å²) in [6, 6.07) is 23.7. The summed E-state index contributed by atoms with van der Waals surface area (Å²) >= 11 is 1.20. The van der Waals surface area contributed by atoms with Crippen LogP contribution in [0.1, 0.15) is 65.2 Å². The number of methoxy groups -OCH3 is 2. The lowest BCUT2D eigenvalue weighted by Gasteiger charge is -2.27. The molecule has 5 N–H and O–H groups in total. The number of hydrogen-bond acceptors (Lipinski definition) is 8. The van der Waals surface area contributed by atoms with E-state index in [-0.39, 0.29) is 29.8 Å². The summed E-state index contributed by atoms with van der Waals surface area (Å²) in [6.07, 6.45) is 5.11. The van der Waals surface area contributed by atoms with Gasteiger partial charge in [-0.3, -0.25) is 19.5 Å². The minimum Gasteiger partial charge on any atom is -0.497 e. The van der Waals surface area contributed by atoms with E-state index in [0.29, 0.717) is 18.8 Å². The first kappa shape index (κ1) is 45.5. The van der Waals surface area contributed by atoms with Crippen LogP contribution in [-0.4, -0.2) is 42.2 Å². The Balaban J connectivity index is 0.000000207. The van der Waals surface area contributed by atoms with Crippen LogP contribution in [0.2, 0.25) is 0 Å². The molecule has 3 aliphatic rings. The number of aromatic amines is 1. The van der Waals surface area contributed by atoms with E-state index >= 15 is 0 Å². The summed E-state index contributed by atoms with van der Waals surface area (Å²) in [7, 11) is 2.95. The molecular formula is C41H51F4N5O5S. The molecule has 3 fully saturated rings. The molecule has 4 aromatic rings. The Morgan fingerprint density at radius 1 is 0.875 bits per heavy atom. The van der Waals surface area contributed by atoms with Crippen LogP contribution in [0.15, 0.2) is 94.6 Å². The normalized spacial score (nSPS) is 19.7. The molecule has 2 bridgehead atoms. The third-order valence-electron chi connectivity index (χ3n) is 9.37. The number of para-hydroxylation sites is 1. The van der Waals surface area contributed by atoms with Crippen LogP contribution in [0.4, 0.5) is 29.1 Å². The molecule has 7 rings (SSSR count). The predicted molar refractivity (Wildman–Crippen MR) is 212 cm³/mol. The van der Waals surface area contributed by atoms with Crippen molar-refractivity contribution in [2.75, 3.05) is 24.9 Å². The highest BCUT2D eigenvalue weighted by atomic mass is 32.2. The summed E-state index contributed by atoms with van der Waals surface area (Å²) in [5, 5.41) is 16.7. The molecule has 0 radical (unpaired) electrons. The van der Waals surface area contributed by atoms with Crippen LogP contribution in [-0.2, 0) is 9.59 Å². The van der Waals surface area contributed by atoms with Crippen molar-refractivity contribution in [2.24, 2.45) is 28.8 Å². The quantitative estimate of drug-likeness (QED) is 0.107. The molecule has 1 heterocycles. The van der Waals surface area contributed by atoms with Crippen LogP contribution in [0.5, 0.6) is 11.5 Å². The van der Waals surface area contributed by atoms with Gasteiger partial charge in [0.2, 0.25) is 23.6 Å². The van der Waals surface area contributed by atoms with Crippen LogP contribution in [0, 0.1) is 35.3 Å². The zero-order chi connectivity index (χ0) is 41.1. The van der Waals surface area contributed by atoms with E-state index in [1.165, 1.54) is 62.6 Å². The zero-order valence-corrected chi connectivity index (χ0v) is 32.9. The number of rotatable bonds is 7. The highest BCUT2D eigenvalue weighted by molar-refractivity contribution is 7.97. The van der Waals surface area contributed by atoms with Crippen molar-refractivity contribution in [1.82, 2.24) is 10.2 Å². The van der Waals surface area contributed by atoms with E-state index in [1.54, 1.807) is 7.11 Å². The first-order valence-corrected chi connectivity index (χ1v) is 19.4. The number of carbonyl (C=O) groups excluding carboxylic acids is 2. The molecule has 4 atom stereocenters. The number of nitrogens with two attached hydrogens (primary N) is 1. The van der Waals surface area contributed by atoms with E-state index < -0.39 is 41.4 Å². The lowest BCUT2D eigenvalue weighted by molar-refractivity contribution is -0.127. The van der Waals surface area contributed by atoms with Crippen molar-refractivity contribution in [3.63, 3.8) is 0 Å². The molecule has 0 saturated heterocycles. The first-order chi connectivity index (χ1) is 26.9. The maximum atomic E-state index is 13.2. The molecule has 2 unspecified atom stereocenters. The van der Waals surface area contributed by atoms with Crippen molar-refractivity contribution < 1.29 is 36.6 Å². The Kier molecular flexibility index (Phi) is 18.9. The van der Waals surface area contributed by atoms with Crippen LogP contribution in [0.25, 0.3) is 0 Å². The second kappa shape index (κ2) is 23.2. The minimum absolute atomic E-state index is 0.0694. The van der Waals surface area contributed by atoms with Crippen molar-refractivity contribution in [1.29, 1.82) is 0 Å². The highest BCUT2D eigenvalue weighted by Gasteiger charge is 2.43. The number of H-pyrrole nitrogens is 1. The van der Waals surface area contributed by atoms with Crippen LogP contribution < -0.4 is 30.8 Å². The van der Waals surface area contributed by atoms with Crippen molar-refractivity contribution >= 4 is 35.3 Å². The Morgan fingerprint density at radius 3 is 2.16 bits per heavy atom.